The van der Waals surface area contributed by atoms with Crippen molar-refractivity contribution in [3.63, 3.8) is 0 Å². The average Bonchev–Trinajstić information content (AvgIpc) is 2.15. The van der Waals surface area contributed by atoms with E-state index in [0.717, 1.165) is 0 Å². The van der Waals surface area contributed by atoms with Crippen LogP contribution in [0.3, 0.4) is 0 Å². The van der Waals surface area contributed by atoms with Crippen molar-refractivity contribution < 1.29 is 24.3 Å². The molecule has 0 aromatic carbocycles. The molecule has 90 valence electrons. The first-order chi connectivity index (χ1) is 7.36. The van der Waals surface area contributed by atoms with E-state index in [1.807, 2.05) is 0 Å². The fourth-order valence-electron chi connectivity index (χ4n) is 0.967. The summed E-state index contributed by atoms with van der Waals surface area (Å²) in [5.41, 5.74) is 0. The minimum Gasteiger partial charge on any atom is -0.480 e. The molecule has 0 aliphatic heterocycles. The van der Waals surface area contributed by atoms with Crippen LogP contribution in [0, 0.1) is 0 Å². The molecule has 0 aliphatic carbocycles. The van der Waals surface area contributed by atoms with E-state index in [1.54, 1.807) is 0 Å². The number of Topliss-reactive ketones (excluding diaryl/α,β-unsaturated/α-hetero) is 1. The molecule has 0 rings (SSSR count). The average molecular weight is 230 g/mol. The number of carbonyl (C=O) groups excluding carboxylic acids is 3. The molecule has 2 amide bonds. The molecule has 0 radical (unpaired) electrons. The van der Waals surface area contributed by atoms with Crippen LogP contribution in [0.25, 0.3) is 0 Å². The predicted molar refractivity (Wildman–Crippen MR) is 53.5 cm³/mol. The molecule has 0 aromatic rings. The molecule has 16 heavy (non-hydrogen) atoms. The third-order valence-electron chi connectivity index (χ3n) is 1.72. The van der Waals surface area contributed by atoms with Crippen molar-refractivity contribution in [2.24, 2.45) is 0 Å². The first-order valence-corrected chi connectivity index (χ1v) is 4.59. The molecular weight excluding hydrogens is 216 g/mol. The Morgan fingerprint density at radius 3 is 2.12 bits per heavy atom. The van der Waals surface area contributed by atoms with Crippen molar-refractivity contribution >= 4 is 23.6 Å². The minimum atomic E-state index is -1.31. The molecule has 0 aromatic heterocycles. The maximum Gasteiger partial charge on any atom is 0.326 e. The highest BCUT2D eigenvalue weighted by molar-refractivity contribution is 5.98. The monoisotopic (exact) mass is 230 g/mol. The summed E-state index contributed by atoms with van der Waals surface area (Å²) >= 11 is 0. The molecule has 3 N–H and O–H groups in total. The highest BCUT2D eigenvalue weighted by atomic mass is 16.4. The standard InChI is InChI=1S/C9H14N2O5/c1-5(12)3-6(9(15)16)11-8(14)4-7(13)10-2/h6H,3-4H2,1-2H3,(H,10,13)(H,11,14)(H,15,16)/t6-/m0/s1. The van der Waals surface area contributed by atoms with Gasteiger partial charge in [-0.1, -0.05) is 0 Å². The molecule has 0 heterocycles. The molecular formula is C9H14N2O5. The van der Waals surface area contributed by atoms with Gasteiger partial charge in [0.05, 0.1) is 0 Å². The Morgan fingerprint density at radius 2 is 1.75 bits per heavy atom. The molecule has 0 fully saturated rings. The van der Waals surface area contributed by atoms with Gasteiger partial charge in [-0.05, 0) is 6.92 Å². The summed E-state index contributed by atoms with van der Waals surface area (Å²) < 4.78 is 0. The summed E-state index contributed by atoms with van der Waals surface area (Å²) in [5.74, 6) is -2.91. The van der Waals surface area contributed by atoms with Crippen LogP contribution in [-0.2, 0) is 19.2 Å². The zero-order chi connectivity index (χ0) is 12.7. The highest BCUT2D eigenvalue weighted by Crippen LogP contribution is 1.95. The predicted octanol–water partition coefficient (Wildman–Crippen LogP) is -1.33. The lowest BCUT2D eigenvalue weighted by atomic mass is 10.1. The summed E-state index contributed by atoms with van der Waals surface area (Å²) in [7, 11) is 1.36. The van der Waals surface area contributed by atoms with Gasteiger partial charge >= 0.3 is 5.97 Å². The van der Waals surface area contributed by atoms with E-state index in [4.69, 9.17) is 5.11 Å². The number of carbonyl (C=O) groups is 4. The maximum atomic E-state index is 11.2. The van der Waals surface area contributed by atoms with E-state index < -0.39 is 30.2 Å². The van der Waals surface area contributed by atoms with E-state index in [1.165, 1.54) is 14.0 Å². The lowest BCUT2D eigenvalue weighted by Gasteiger charge is -2.12. The van der Waals surface area contributed by atoms with Crippen LogP contribution in [0.2, 0.25) is 0 Å². The molecule has 0 saturated heterocycles. The van der Waals surface area contributed by atoms with Crippen LogP contribution in [0.5, 0.6) is 0 Å². The number of rotatable bonds is 6. The first kappa shape index (κ1) is 14.1. The van der Waals surface area contributed by atoms with Gasteiger partial charge in [0, 0.05) is 13.5 Å². The van der Waals surface area contributed by atoms with Crippen LogP contribution in [0.4, 0.5) is 0 Å². The van der Waals surface area contributed by atoms with Gasteiger partial charge in [-0.15, -0.1) is 0 Å². The summed E-state index contributed by atoms with van der Waals surface area (Å²) in [6, 6.07) is -1.28. The zero-order valence-electron chi connectivity index (χ0n) is 9.07. The molecule has 7 heteroatoms. The Balaban J connectivity index is 4.29. The fourth-order valence-corrected chi connectivity index (χ4v) is 0.967. The Hall–Kier alpha value is -1.92. The second-order valence-corrected chi connectivity index (χ2v) is 3.21. The number of aliphatic carboxylic acids is 1. The number of amides is 2. The van der Waals surface area contributed by atoms with Crippen LogP contribution in [0.15, 0.2) is 0 Å². The third-order valence-corrected chi connectivity index (χ3v) is 1.72. The SMILES string of the molecule is CNC(=O)CC(=O)N[C@@H](CC(C)=O)C(=O)O. The van der Waals surface area contributed by atoms with Gasteiger partial charge in [-0.3, -0.25) is 14.4 Å². The van der Waals surface area contributed by atoms with E-state index in [-0.39, 0.29) is 12.2 Å². The van der Waals surface area contributed by atoms with E-state index >= 15 is 0 Å². The summed E-state index contributed by atoms with van der Waals surface area (Å²) in [5, 5.41) is 13.0. The summed E-state index contributed by atoms with van der Waals surface area (Å²) in [4.78, 5) is 43.4. The van der Waals surface area contributed by atoms with Gasteiger partial charge in [0.2, 0.25) is 11.8 Å². The van der Waals surface area contributed by atoms with Gasteiger partial charge in [-0.25, -0.2) is 4.79 Å². The van der Waals surface area contributed by atoms with Crippen molar-refractivity contribution in [2.75, 3.05) is 7.05 Å². The summed E-state index contributed by atoms with van der Waals surface area (Å²) in [6.07, 6.45) is -0.757. The quantitative estimate of drug-likeness (QED) is 0.489. The van der Waals surface area contributed by atoms with Crippen molar-refractivity contribution in [1.82, 2.24) is 10.6 Å². The Kier molecular flexibility index (Phi) is 5.76. The van der Waals surface area contributed by atoms with Crippen molar-refractivity contribution in [3.8, 4) is 0 Å². The smallest absolute Gasteiger partial charge is 0.326 e. The van der Waals surface area contributed by atoms with Crippen molar-refractivity contribution in [3.05, 3.63) is 0 Å². The van der Waals surface area contributed by atoms with E-state index in [2.05, 4.69) is 10.6 Å². The van der Waals surface area contributed by atoms with Gasteiger partial charge in [0.15, 0.2) is 0 Å². The number of hydrogen-bond donors (Lipinski definition) is 3. The second-order valence-electron chi connectivity index (χ2n) is 3.21. The molecule has 1 atom stereocenters. The molecule has 0 spiro atoms. The van der Waals surface area contributed by atoms with Crippen LogP contribution >= 0.6 is 0 Å². The fraction of sp³-hybridized carbons (Fsp3) is 0.556. The Bertz CT molecular complexity index is 313. The number of hydrogen-bond acceptors (Lipinski definition) is 4. The normalized spacial score (nSPS) is 11.4. The molecule has 0 unspecified atom stereocenters. The van der Waals surface area contributed by atoms with E-state index in [0.29, 0.717) is 0 Å². The second kappa shape index (κ2) is 6.54. The van der Waals surface area contributed by atoms with Crippen molar-refractivity contribution in [1.29, 1.82) is 0 Å². The Morgan fingerprint density at radius 1 is 1.19 bits per heavy atom. The highest BCUT2D eigenvalue weighted by Gasteiger charge is 2.22. The number of carboxylic acid groups (broad SMARTS) is 1. The number of carboxylic acids is 1. The number of ketones is 1. The van der Waals surface area contributed by atoms with Crippen LogP contribution in [0.1, 0.15) is 19.8 Å². The topological polar surface area (TPSA) is 113 Å². The first-order valence-electron chi connectivity index (χ1n) is 4.59. The van der Waals surface area contributed by atoms with Gasteiger partial charge in [0.25, 0.3) is 0 Å². The lowest BCUT2D eigenvalue weighted by Crippen LogP contribution is -2.43. The third kappa shape index (κ3) is 5.74. The molecule has 0 aliphatic rings. The van der Waals surface area contributed by atoms with Crippen LogP contribution in [-0.4, -0.2) is 41.8 Å². The lowest BCUT2D eigenvalue weighted by molar-refractivity contribution is -0.143. The van der Waals surface area contributed by atoms with Gasteiger partial charge < -0.3 is 15.7 Å². The molecule has 7 nitrogen and oxygen atoms in total. The molecule has 0 bridgehead atoms. The maximum absolute atomic E-state index is 11.2. The van der Waals surface area contributed by atoms with Gasteiger partial charge in [0.1, 0.15) is 18.2 Å². The van der Waals surface area contributed by atoms with E-state index in [9.17, 15) is 19.2 Å². The summed E-state index contributed by atoms with van der Waals surface area (Å²) in [6.45, 7) is 1.22. The van der Waals surface area contributed by atoms with Crippen LogP contribution < -0.4 is 10.6 Å². The van der Waals surface area contributed by atoms with Crippen molar-refractivity contribution in [2.45, 2.75) is 25.8 Å². The number of nitrogens with one attached hydrogen (secondary N) is 2. The largest absolute Gasteiger partial charge is 0.480 e. The Labute approximate surface area is 92.2 Å². The zero-order valence-corrected chi connectivity index (χ0v) is 9.07. The minimum absolute atomic E-state index is 0.297. The van der Waals surface area contributed by atoms with Gasteiger partial charge in [-0.2, -0.15) is 0 Å². The molecule has 0 saturated carbocycles.